The van der Waals surface area contributed by atoms with Crippen LogP contribution in [0.2, 0.25) is 0 Å². The van der Waals surface area contributed by atoms with Crippen molar-refractivity contribution in [2.45, 2.75) is 13.3 Å². The summed E-state index contributed by atoms with van der Waals surface area (Å²) in [6.07, 6.45) is -2.70. The molecule has 0 aliphatic rings. The summed E-state index contributed by atoms with van der Waals surface area (Å²) < 4.78 is 24.3. The maximum absolute atomic E-state index is 12.1. The average Bonchev–Trinajstić information content (AvgIpc) is 2.30. The Balaban J connectivity index is 3.21. The van der Waals surface area contributed by atoms with E-state index in [2.05, 4.69) is 0 Å². The summed E-state index contributed by atoms with van der Waals surface area (Å²) in [4.78, 5) is 10.1. The number of hydrogen-bond donors (Lipinski definition) is 1. The van der Waals surface area contributed by atoms with Crippen LogP contribution in [0.25, 0.3) is 0 Å². The molecule has 0 aliphatic heterocycles. The van der Waals surface area contributed by atoms with Crippen molar-refractivity contribution in [2.75, 3.05) is 0 Å². The van der Waals surface area contributed by atoms with Crippen molar-refractivity contribution in [3.63, 3.8) is 0 Å². The molecule has 0 radical (unpaired) electrons. The summed E-state index contributed by atoms with van der Waals surface area (Å²) in [7, 11) is 0. The Kier molecular flexibility index (Phi) is 2.42. The second-order valence-corrected chi connectivity index (χ2v) is 3.18. The van der Waals surface area contributed by atoms with Crippen LogP contribution in [-0.4, -0.2) is 11.1 Å². The number of thiophene rings is 1. The fourth-order valence-electron chi connectivity index (χ4n) is 0.899. The zero-order valence-electron chi connectivity index (χ0n) is 6.17. The second-order valence-electron chi connectivity index (χ2n) is 2.26. The predicted molar refractivity (Wildman–Crippen MR) is 41.0 cm³/mol. The van der Waals surface area contributed by atoms with Gasteiger partial charge in [-0.2, -0.15) is 0 Å². The standard InChI is InChI=1S/C7H6F2O2S/c1-3-2-12-5(6(8)9)4(3)7(10)11/h2,6H,1H3,(H,10,11). The Morgan fingerprint density at radius 1 is 1.67 bits per heavy atom. The molecule has 12 heavy (non-hydrogen) atoms. The fraction of sp³-hybridized carbons (Fsp3) is 0.286. The molecule has 5 heteroatoms. The Morgan fingerprint density at radius 3 is 2.58 bits per heavy atom. The van der Waals surface area contributed by atoms with Gasteiger partial charge >= 0.3 is 5.97 Å². The van der Waals surface area contributed by atoms with E-state index < -0.39 is 12.4 Å². The molecule has 0 fully saturated rings. The van der Waals surface area contributed by atoms with Gasteiger partial charge in [-0.05, 0) is 17.9 Å². The highest BCUT2D eigenvalue weighted by molar-refractivity contribution is 7.10. The van der Waals surface area contributed by atoms with Crippen LogP contribution >= 0.6 is 11.3 Å². The Morgan fingerprint density at radius 2 is 2.25 bits per heavy atom. The summed E-state index contributed by atoms with van der Waals surface area (Å²) in [5.41, 5.74) is 0.137. The largest absolute Gasteiger partial charge is 0.478 e. The minimum absolute atomic E-state index is 0.255. The Hall–Kier alpha value is -0.970. The maximum Gasteiger partial charge on any atom is 0.337 e. The normalized spacial score (nSPS) is 10.7. The summed E-state index contributed by atoms with van der Waals surface area (Å²) in [6, 6.07) is 0. The van der Waals surface area contributed by atoms with Gasteiger partial charge in [-0.15, -0.1) is 11.3 Å². The van der Waals surface area contributed by atoms with Crippen LogP contribution < -0.4 is 0 Å². The molecular weight excluding hydrogens is 186 g/mol. The van der Waals surface area contributed by atoms with Crippen molar-refractivity contribution in [3.8, 4) is 0 Å². The van der Waals surface area contributed by atoms with Crippen molar-refractivity contribution in [2.24, 2.45) is 0 Å². The average molecular weight is 192 g/mol. The van der Waals surface area contributed by atoms with Crippen molar-refractivity contribution < 1.29 is 18.7 Å². The highest BCUT2D eigenvalue weighted by Gasteiger charge is 2.21. The van der Waals surface area contributed by atoms with E-state index in [1.807, 2.05) is 0 Å². The number of carboxylic acids is 1. The smallest absolute Gasteiger partial charge is 0.337 e. The SMILES string of the molecule is Cc1csc(C(F)F)c1C(=O)O. The molecule has 1 rings (SSSR count). The number of rotatable bonds is 2. The minimum atomic E-state index is -2.70. The van der Waals surface area contributed by atoms with E-state index in [0.717, 1.165) is 11.3 Å². The van der Waals surface area contributed by atoms with Crippen LogP contribution in [0.4, 0.5) is 8.78 Å². The quantitative estimate of drug-likeness (QED) is 0.782. The van der Waals surface area contributed by atoms with E-state index >= 15 is 0 Å². The van der Waals surface area contributed by atoms with Gasteiger partial charge < -0.3 is 5.11 Å². The maximum atomic E-state index is 12.1. The van der Waals surface area contributed by atoms with Crippen LogP contribution in [0.1, 0.15) is 27.2 Å². The first-order valence-electron chi connectivity index (χ1n) is 3.13. The number of alkyl halides is 2. The number of carbonyl (C=O) groups is 1. The molecule has 66 valence electrons. The lowest BCUT2D eigenvalue weighted by molar-refractivity contribution is 0.0686. The molecule has 1 heterocycles. The van der Waals surface area contributed by atoms with Gasteiger partial charge in [0, 0.05) is 0 Å². The number of halogens is 2. The van der Waals surface area contributed by atoms with Crippen molar-refractivity contribution in [1.82, 2.24) is 0 Å². The van der Waals surface area contributed by atoms with Crippen LogP contribution in [-0.2, 0) is 0 Å². The third kappa shape index (κ3) is 1.45. The summed E-state index contributed by atoms with van der Waals surface area (Å²) >= 11 is 0.782. The van der Waals surface area contributed by atoms with Crippen LogP contribution in [0, 0.1) is 6.92 Å². The van der Waals surface area contributed by atoms with Gasteiger partial charge in [0.25, 0.3) is 6.43 Å². The van der Waals surface area contributed by atoms with E-state index in [4.69, 9.17) is 5.11 Å². The van der Waals surface area contributed by atoms with Crippen LogP contribution in [0.3, 0.4) is 0 Å². The van der Waals surface area contributed by atoms with Gasteiger partial charge in [0.1, 0.15) is 0 Å². The van der Waals surface area contributed by atoms with Gasteiger partial charge in [-0.25, -0.2) is 13.6 Å². The third-order valence-electron chi connectivity index (χ3n) is 1.42. The molecule has 0 unspecified atom stereocenters. The second kappa shape index (κ2) is 3.18. The minimum Gasteiger partial charge on any atom is -0.478 e. The molecule has 1 aromatic heterocycles. The van der Waals surface area contributed by atoms with Crippen LogP contribution in [0.5, 0.6) is 0 Å². The van der Waals surface area contributed by atoms with E-state index in [1.165, 1.54) is 12.3 Å². The Bertz CT molecular complexity index is 306. The highest BCUT2D eigenvalue weighted by atomic mass is 32.1. The first kappa shape index (κ1) is 9.12. The molecule has 1 aromatic rings. The van der Waals surface area contributed by atoms with Gasteiger partial charge in [-0.3, -0.25) is 0 Å². The highest BCUT2D eigenvalue weighted by Crippen LogP contribution is 2.31. The zero-order valence-corrected chi connectivity index (χ0v) is 6.99. The zero-order chi connectivity index (χ0) is 9.30. The lowest BCUT2D eigenvalue weighted by Gasteiger charge is -1.97. The summed E-state index contributed by atoms with van der Waals surface area (Å²) in [6.45, 7) is 1.51. The van der Waals surface area contributed by atoms with Gasteiger partial charge in [-0.1, -0.05) is 0 Å². The number of aromatic carboxylic acids is 1. The van der Waals surface area contributed by atoms with E-state index in [1.54, 1.807) is 0 Å². The van der Waals surface area contributed by atoms with Crippen LogP contribution in [0.15, 0.2) is 5.38 Å². The molecule has 2 nitrogen and oxygen atoms in total. The molecule has 0 saturated carbocycles. The predicted octanol–water partition coefficient (Wildman–Crippen LogP) is 2.69. The van der Waals surface area contributed by atoms with E-state index in [9.17, 15) is 13.6 Å². The topological polar surface area (TPSA) is 37.3 Å². The lowest BCUT2D eigenvalue weighted by atomic mass is 10.2. The molecular formula is C7H6F2O2S. The summed E-state index contributed by atoms with van der Waals surface area (Å²) in [5.74, 6) is -1.29. The van der Waals surface area contributed by atoms with Gasteiger partial charge in [0.15, 0.2) is 0 Å². The molecule has 0 saturated heterocycles. The first-order chi connectivity index (χ1) is 5.54. The number of aryl methyl sites for hydroxylation is 1. The van der Waals surface area contributed by atoms with Crippen molar-refractivity contribution in [3.05, 3.63) is 21.4 Å². The number of hydrogen-bond acceptors (Lipinski definition) is 2. The first-order valence-corrected chi connectivity index (χ1v) is 4.01. The summed E-state index contributed by atoms with van der Waals surface area (Å²) in [5, 5.41) is 9.98. The monoisotopic (exact) mass is 192 g/mol. The molecule has 0 atom stereocenters. The van der Waals surface area contributed by atoms with E-state index in [-0.39, 0.29) is 10.4 Å². The van der Waals surface area contributed by atoms with E-state index in [0.29, 0.717) is 5.56 Å². The molecule has 0 amide bonds. The molecule has 1 N–H and O–H groups in total. The molecule has 0 bridgehead atoms. The number of carboxylic acid groups (broad SMARTS) is 1. The lowest BCUT2D eigenvalue weighted by Crippen LogP contribution is -2.00. The Labute approximate surface area is 71.5 Å². The molecule has 0 spiro atoms. The molecule has 0 aromatic carbocycles. The van der Waals surface area contributed by atoms with Crippen molar-refractivity contribution >= 4 is 17.3 Å². The van der Waals surface area contributed by atoms with Gasteiger partial charge in [0.05, 0.1) is 10.4 Å². The van der Waals surface area contributed by atoms with Crippen molar-refractivity contribution in [1.29, 1.82) is 0 Å². The third-order valence-corrected chi connectivity index (χ3v) is 2.52. The molecule has 0 aliphatic carbocycles. The van der Waals surface area contributed by atoms with Gasteiger partial charge in [0.2, 0.25) is 0 Å². The fourth-order valence-corrected chi connectivity index (χ4v) is 1.79.